The van der Waals surface area contributed by atoms with Gasteiger partial charge < -0.3 is 4.43 Å². The third-order valence-corrected chi connectivity index (χ3v) is 3.91. The second kappa shape index (κ2) is 4.57. The topological polar surface area (TPSA) is 9.23 Å². The molecule has 0 N–H and O–H groups in total. The highest BCUT2D eigenvalue weighted by molar-refractivity contribution is 14.1. The Balaban J connectivity index is 2.64. The molecule has 0 saturated heterocycles. The average Bonchev–Trinajstić information content (AvgIpc) is 2.03. The second-order valence-corrected chi connectivity index (χ2v) is 9.55. The lowest BCUT2D eigenvalue weighted by Gasteiger charge is -2.22. The zero-order valence-electron chi connectivity index (χ0n) is 8.25. The molecule has 72 valence electrons. The molecule has 13 heavy (non-hydrogen) atoms. The number of benzene rings is 1. The van der Waals surface area contributed by atoms with Crippen LogP contribution < -0.4 is 0 Å². The van der Waals surface area contributed by atoms with Crippen molar-refractivity contribution >= 4 is 30.9 Å². The first-order valence-corrected chi connectivity index (χ1v) is 9.01. The van der Waals surface area contributed by atoms with Crippen LogP contribution in [0.2, 0.25) is 19.6 Å². The van der Waals surface area contributed by atoms with Crippen molar-refractivity contribution < 1.29 is 4.43 Å². The van der Waals surface area contributed by atoms with Crippen LogP contribution in [-0.4, -0.2) is 8.32 Å². The molecule has 1 aromatic carbocycles. The van der Waals surface area contributed by atoms with Crippen molar-refractivity contribution in [1.29, 1.82) is 0 Å². The summed E-state index contributed by atoms with van der Waals surface area (Å²) in [4.78, 5) is 0. The van der Waals surface area contributed by atoms with Crippen LogP contribution in [0.25, 0.3) is 0 Å². The van der Waals surface area contributed by atoms with Gasteiger partial charge >= 0.3 is 0 Å². The van der Waals surface area contributed by atoms with Crippen molar-refractivity contribution in [2.45, 2.75) is 23.8 Å². The molecule has 1 aromatic rings. The van der Waals surface area contributed by atoms with Crippen LogP contribution in [0, 0.1) is 0 Å². The first-order chi connectivity index (χ1) is 5.99. The molecule has 0 spiro atoms. The van der Waals surface area contributed by atoms with Crippen LogP contribution in [-0.2, 0) is 4.43 Å². The highest BCUT2D eigenvalue weighted by Crippen LogP contribution is 2.27. The Morgan fingerprint density at radius 2 is 1.69 bits per heavy atom. The molecule has 3 heteroatoms. The van der Waals surface area contributed by atoms with Crippen molar-refractivity contribution in [2.75, 3.05) is 0 Å². The predicted octanol–water partition coefficient (Wildman–Crippen LogP) is 3.97. The molecule has 1 unspecified atom stereocenters. The molecule has 0 bridgehead atoms. The van der Waals surface area contributed by atoms with Crippen molar-refractivity contribution in [2.24, 2.45) is 0 Å². The lowest BCUT2D eigenvalue weighted by atomic mass is 10.2. The van der Waals surface area contributed by atoms with Crippen LogP contribution in [0.15, 0.2) is 30.3 Å². The van der Waals surface area contributed by atoms with E-state index in [0.29, 0.717) is 0 Å². The minimum atomic E-state index is -1.41. The SMILES string of the molecule is C[Si](C)(C)OC(I)c1ccccc1. The monoisotopic (exact) mass is 306 g/mol. The van der Waals surface area contributed by atoms with Crippen LogP contribution in [0.3, 0.4) is 0 Å². The van der Waals surface area contributed by atoms with E-state index in [1.165, 1.54) is 5.56 Å². The maximum absolute atomic E-state index is 5.95. The van der Waals surface area contributed by atoms with E-state index in [4.69, 9.17) is 4.43 Å². The molecule has 0 heterocycles. The van der Waals surface area contributed by atoms with E-state index in [2.05, 4.69) is 66.5 Å². The molecule has 1 atom stereocenters. The largest absolute Gasteiger partial charge is 0.402 e. The normalized spacial score (nSPS) is 14.2. The number of hydrogen-bond donors (Lipinski definition) is 0. The Labute approximate surface area is 94.8 Å². The van der Waals surface area contributed by atoms with E-state index in [-0.39, 0.29) is 4.11 Å². The van der Waals surface area contributed by atoms with Gasteiger partial charge in [0.25, 0.3) is 0 Å². The lowest BCUT2D eigenvalue weighted by molar-refractivity contribution is 0.304. The lowest BCUT2D eigenvalue weighted by Crippen LogP contribution is -2.25. The molecule has 0 fully saturated rings. The molecular weight excluding hydrogens is 291 g/mol. The Kier molecular flexibility index (Phi) is 3.94. The fourth-order valence-corrected chi connectivity index (χ4v) is 4.44. The van der Waals surface area contributed by atoms with Crippen LogP contribution in [0.4, 0.5) is 0 Å². The van der Waals surface area contributed by atoms with Crippen molar-refractivity contribution in [3.63, 3.8) is 0 Å². The first kappa shape index (κ1) is 11.2. The summed E-state index contributed by atoms with van der Waals surface area (Å²) in [5.74, 6) is 0. The summed E-state index contributed by atoms with van der Waals surface area (Å²) in [6, 6.07) is 10.3. The summed E-state index contributed by atoms with van der Waals surface area (Å²) in [6.45, 7) is 6.63. The van der Waals surface area contributed by atoms with Crippen LogP contribution in [0.1, 0.15) is 9.67 Å². The predicted molar refractivity (Wildman–Crippen MR) is 67.6 cm³/mol. The zero-order chi connectivity index (χ0) is 9.90. The molecule has 0 radical (unpaired) electrons. The van der Waals surface area contributed by atoms with E-state index in [1.54, 1.807) is 0 Å². The molecular formula is C10H15IOSi. The molecule has 0 aliphatic carbocycles. The van der Waals surface area contributed by atoms with E-state index in [0.717, 1.165) is 0 Å². The molecule has 0 aromatic heterocycles. The van der Waals surface area contributed by atoms with Gasteiger partial charge in [0.15, 0.2) is 8.32 Å². The van der Waals surface area contributed by atoms with Crippen molar-refractivity contribution in [3.8, 4) is 0 Å². The zero-order valence-corrected chi connectivity index (χ0v) is 11.4. The van der Waals surface area contributed by atoms with E-state index >= 15 is 0 Å². The summed E-state index contributed by atoms with van der Waals surface area (Å²) in [5, 5.41) is 0. The van der Waals surface area contributed by atoms with Gasteiger partial charge in [0.1, 0.15) is 4.11 Å². The van der Waals surface area contributed by atoms with Gasteiger partial charge in [0, 0.05) is 0 Å². The van der Waals surface area contributed by atoms with Gasteiger partial charge in [-0.3, -0.25) is 0 Å². The third-order valence-electron chi connectivity index (χ3n) is 1.52. The van der Waals surface area contributed by atoms with E-state index in [9.17, 15) is 0 Å². The summed E-state index contributed by atoms with van der Waals surface area (Å²) >= 11 is 2.35. The van der Waals surface area contributed by atoms with Gasteiger partial charge in [-0.25, -0.2) is 0 Å². The van der Waals surface area contributed by atoms with Gasteiger partial charge in [0.05, 0.1) is 0 Å². The van der Waals surface area contributed by atoms with E-state index < -0.39 is 8.32 Å². The average molecular weight is 306 g/mol. The third kappa shape index (κ3) is 4.24. The maximum Gasteiger partial charge on any atom is 0.185 e. The second-order valence-electron chi connectivity index (χ2n) is 3.96. The van der Waals surface area contributed by atoms with Crippen LogP contribution >= 0.6 is 22.6 Å². The Morgan fingerprint density at radius 3 is 2.15 bits per heavy atom. The van der Waals surface area contributed by atoms with Gasteiger partial charge in [-0.05, 0) is 47.8 Å². The van der Waals surface area contributed by atoms with Gasteiger partial charge in [0.2, 0.25) is 0 Å². The summed E-state index contributed by atoms with van der Waals surface area (Å²) < 4.78 is 6.15. The highest BCUT2D eigenvalue weighted by atomic mass is 127. The summed E-state index contributed by atoms with van der Waals surface area (Å²) in [6.07, 6.45) is 0. The molecule has 0 aliphatic heterocycles. The Bertz CT molecular complexity index is 255. The van der Waals surface area contributed by atoms with Crippen molar-refractivity contribution in [3.05, 3.63) is 35.9 Å². The smallest absolute Gasteiger partial charge is 0.185 e. The number of rotatable bonds is 3. The summed E-state index contributed by atoms with van der Waals surface area (Å²) in [7, 11) is -1.41. The standard InChI is InChI=1S/C10H15IOSi/c1-13(2,3)12-10(11)9-7-5-4-6-8-9/h4-8,10H,1-3H3. The molecule has 0 amide bonds. The fraction of sp³-hybridized carbons (Fsp3) is 0.400. The van der Waals surface area contributed by atoms with Gasteiger partial charge in [-0.15, -0.1) is 0 Å². The first-order valence-electron chi connectivity index (χ1n) is 4.36. The van der Waals surface area contributed by atoms with Crippen LogP contribution in [0.5, 0.6) is 0 Å². The molecule has 1 nitrogen and oxygen atoms in total. The molecule has 0 saturated carbocycles. The highest BCUT2D eigenvalue weighted by Gasteiger charge is 2.19. The minimum Gasteiger partial charge on any atom is -0.402 e. The quantitative estimate of drug-likeness (QED) is 0.466. The number of halogens is 1. The molecule has 0 aliphatic rings. The minimum absolute atomic E-state index is 0.200. The Hall–Kier alpha value is 0.127. The molecule has 1 rings (SSSR count). The Morgan fingerprint density at radius 1 is 1.15 bits per heavy atom. The summed E-state index contributed by atoms with van der Waals surface area (Å²) in [5.41, 5.74) is 1.26. The van der Waals surface area contributed by atoms with Gasteiger partial charge in [-0.1, -0.05) is 30.3 Å². The maximum atomic E-state index is 5.95. The number of hydrogen-bond acceptors (Lipinski definition) is 1. The van der Waals surface area contributed by atoms with Gasteiger partial charge in [-0.2, -0.15) is 0 Å². The number of alkyl halides is 1. The fourth-order valence-electron chi connectivity index (χ4n) is 0.983. The van der Waals surface area contributed by atoms with E-state index in [1.807, 2.05) is 6.07 Å². The van der Waals surface area contributed by atoms with Crippen molar-refractivity contribution in [1.82, 2.24) is 0 Å².